The van der Waals surface area contributed by atoms with Crippen LogP contribution in [0.4, 0.5) is 5.95 Å². The summed E-state index contributed by atoms with van der Waals surface area (Å²) in [5.74, 6) is 2.60. The van der Waals surface area contributed by atoms with E-state index in [0.717, 1.165) is 37.0 Å². The molecule has 0 aliphatic carbocycles. The van der Waals surface area contributed by atoms with Gasteiger partial charge in [-0.25, -0.2) is 4.98 Å². The molecule has 0 bridgehead atoms. The van der Waals surface area contributed by atoms with Crippen molar-refractivity contribution in [1.29, 1.82) is 0 Å². The van der Waals surface area contributed by atoms with Crippen molar-refractivity contribution in [1.82, 2.24) is 9.55 Å². The lowest BCUT2D eigenvalue weighted by atomic mass is 10.1. The van der Waals surface area contributed by atoms with Crippen LogP contribution in [0.2, 0.25) is 0 Å². The Balaban J connectivity index is 1.54. The van der Waals surface area contributed by atoms with Gasteiger partial charge in [-0.15, -0.1) is 0 Å². The fourth-order valence-electron chi connectivity index (χ4n) is 3.08. The zero-order valence-electron chi connectivity index (χ0n) is 14.3. The smallest absolute Gasteiger partial charge is 0.231 e. The molecule has 1 aliphatic heterocycles. The fourth-order valence-corrected chi connectivity index (χ4v) is 3.08. The third kappa shape index (κ3) is 3.45. The minimum absolute atomic E-state index is 0.301. The van der Waals surface area contributed by atoms with Gasteiger partial charge in [0.1, 0.15) is 0 Å². The van der Waals surface area contributed by atoms with Crippen molar-refractivity contribution in [3.8, 4) is 11.5 Å². The highest BCUT2D eigenvalue weighted by Crippen LogP contribution is 2.33. The Kier molecular flexibility index (Phi) is 4.29. The van der Waals surface area contributed by atoms with E-state index in [1.165, 1.54) is 11.1 Å². The number of nitrogens with zero attached hydrogens (tertiary/aromatic N) is 3. The summed E-state index contributed by atoms with van der Waals surface area (Å²) in [5.41, 5.74) is 2.51. The van der Waals surface area contributed by atoms with Gasteiger partial charge in [-0.05, 0) is 29.7 Å². The first kappa shape index (κ1) is 15.6. The van der Waals surface area contributed by atoms with Crippen LogP contribution in [-0.2, 0) is 20.0 Å². The van der Waals surface area contributed by atoms with Crippen LogP contribution in [0.5, 0.6) is 11.5 Å². The van der Waals surface area contributed by atoms with Crippen molar-refractivity contribution in [3.05, 3.63) is 72.1 Å². The average molecular weight is 335 g/mol. The predicted octanol–water partition coefficient (Wildman–Crippen LogP) is 3.40. The predicted molar refractivity (Wildman–Crippen MR) is 97.0 cm³/mol. The van der Waals surface area contributed by atoms with E-state index in [1.807, 2.05) is 31.6 Å². The molecule has 0 saturated carbocycles. The third-order valence-electron chi connectivity index (χ3n) is 4.40. The Labute approximate surface area is 147 Å². The van der Waals surface area contributed by atoms with Crippen molar-refractivity contribution in [3.63, 3.8) is 0 Å². The molecule has 1 aliphatic rings. The second-order valence-corrected chi connectivity index (χ2v) is 6.18. The van der Waals surface area contributed by atoms with Gasteiger partial charge in [0.25, 0.3) is 0 Å². The Morgan fingerprint density at radius 2 is 1.88 bits per heavy atom. The summed E-state index contributed by atoms with van der Waals surface area (Å²) in [7, 11) is 2.03. The molecule has 0 radical (unpaired) electrons. The summed E-state index contributed by atoms with van der Waals surface area (Å²) in [6.45, 7) is 1.97. The van der Waals surface area contributed by atoms with Gasteiger partial charge in [-0.3, -0.25) is 0 Å². The quantitative estimate of drug-likeness (QED) is 0.692. The molecule has 0 atom stereocenters. The molecule has 2 heterocycles. The van der Waals surface area contributed by atoms with Crippen LogP contribution in [0.1, 0.15) is 11.1 Å². The Hall–Kier alpha value is -2.95. The van der Waals surface area contributed by atoms with Gasteiger partial charge in [0.15, 0.2) is 11.5 Å². The monoisotopic (exact) mass is 335 g/mol. The van der Waals surface area contributed by atoms with Gasteiger partial charge in [0, 0.05) is 32.5 Å². The van der Waals surface area contributed by atoms with Gasteiger partial charge in [0.2, 0.25) is 12.7 Å². The molecule has 3 aromatic rings. The fraction of sp³-hybridized carbons (Fsp3) is 0.250. The Morgan fingerprint density at radius 3 is 2.68 bits per heavy atom. The van der Waals surface area contributed by atoms with Crippen LogP contribution >= 0.6 is 0 Å². The van der Waals surface area contributed by atoms with Crippen molar-refractivity contribution in [2.45, 2.75) is 13.0 Å². The standard InChI is InChI=1S/C20H21N3O2/c1-22-12-10-21-20(22)23(11-9-16-5-3-2-4-6-16)14-17-7-8-18-19(13-17)25-15-24-18/h2-8,10,12-13H,9,11,14-15H2,1H3. The number of imidazole rings is 1. The minimum atomic E-state index is 0.301. The number of benzene rings is 2. The molecule has 0 amide bonds. The van der Waals surface area contributed by atoms with E-state index in [0.29, 0.717) is 6.79 Å². The largest absolute Gasteiger partial charge is 0.454 e. The van der Waals surface area contributed by atoms with E-state index >= 15 is 0 Å². The molecule has 5 nitrogen and oxygen atoms in total. The van der Waals surface area contributed by atoms with Gasteiger partial charge < -0.3 is 18.9 Å². The number of aromatic nitrogens is 2. The summed E-state index contributed by atoms with van der Waals surface area (Å²) >= 11 is 0. The first-order valence-corrected chi connectivity index (χ1v) is 8.44. The van der Waals surface area contributed by atoms with Crippen LogP contribution in [-0.4, -0.2) is 22.9 Å². The molecule has 1 aromatic heterocycles. The second kappa shape index (κ2) is 6.89. The molecule has 0 N–H and O–H groups in total. The molecular weight excluding hydrogens is 314 g/mol. The number of aryl methyl sites for hydroxylation is 1. The topological polar surface area (TPSA) is 39.5 Å². The maximum Gasteiger partial charge on any atom is 0.231 e. The van der Waals surface area contributed by atoms with E-state index in [-0.39, 0.29) is 0 Å². The first-order chi connectivity index (χ1) is 12.3. The van der Waals surface area contributed by atoms with Gasteiger partial charge in [-0.1, -0.05) is 36.4 Å². The van der Waals surface area contributed by atoms with Crippen molar-refractivity contribution in [2.75, 3.05) is 18.2 Å². The number of rotatable bonds is 6. The van der Waals surface area contributed by atoms with Crippen LogP contribution in [0.3, 0.4) is 0 Å². The van der Waals surface area contributed by atoms with E-state index in [1.54, 1.807) is 0 Å². The molecule has 5 heteroatoms. The highest BCUT2D eigenvalue weighted by atomic mass is 16.7. The van der Waals surface area contributed by atoms with Crippen molar-refractivity contribution in [2.24, 2.45) is 7.05 Å². The molecule has 0 unspecified atom stereocenters. The molecule has 4 rings (SSSR count). The lowest BCUT2D eigenvalue weighted by Crippen LogP contribution is -2.27. The number of hydrogen-bond donors (Lipinski definition) is 0. The van der Waals surface area contributed by atoms with E-state index in [4.69, 9.17) is 9.47 Å². The highest BCUT2D eigenvalue weighted by molar-refractivity contribution is 5.46. The van der Waals surface area contributed by atoms with E-state index in [2.05, 4.69) is 50.8 Å². The third-order valence-corrected chi connectivity index (χ3v) is 4.40. The molecule has 0 spiro atoms. The number of fused-ring (bicyclic) bond motifs is 1. The van der Waals surface area contributed by atoms with Crippen LogP contribution in [0.25, 0.3) is 0 Å². The normalized spacial score (nSPS) is 12.4. The molecular formula is C20H21N3O2. The SMILES string of the molecule is Cn1ccnc1N(CCc1ccccc1)Cc1ccc2c(c1)OCO2. The Bertz CT molecular complexity index is 845. The van der Waals surface area contributed by atoms with Crippen molar-refractivity contribution >= 4 is 5.95 Å². The highest BCUT2D eigenvalue weighted by Gasteiger charge is 2.16. The molecule has 0 fully saturated rings. The summed E-state index contributed by atoms with van der Waals surface area (Å²) < 4.78 is 13.0. The zero-order valence-corrected chi connectivity index (χ0v) is 14.3. The maximum absolute atomic E-state index is 5.50. The molecule has 2 aromatic carbocycles. The summed E-state index contributed by atoms with van der Waals surface area (Å²) in [6.07, 6.45) is 4.78. The number of ether oxygens (including phenoxy) is 2. The van der Waals surface area contributed by atoms with Crippen LogP contribution in [0, 0.1) is 0 Å². The summed E-state index contributed by atoms with van der Waals surface area (Å²) in [6, 6.07) is 16.7. The van der Waals surface area contributed by atoms with Gasteiger partial charge >= 0.3 is 0 Å². The molecule has 128 valence electrons. The maximum atomic E-state index is 5.50. The van der Waals surface area contributed by atoms with E-state index < -0.39 is 0 Å². The zero-order chi connectivity index (χ0) is 17.1. The van der Waals surface area contributed by atoms with Gasteiger partial charge in [-0.2, -0.15) is 0 Å². The van der Waals surface area contributed by atoms with Crippen LogP contribution in [0.15, 0.2) is 60.9 Å². The second-order valence-electron chi connectivity index (χ2n) is 6.18. The number of anilines is 1. The van der Waals surface area contributed by atoms with Crippen LogP contribution < -0.4 is 14.4 Å². The lowest BCUT2D eigenvalue weighted by Gasteiger charge is -2.24. The summed E-state index contributed by atoms with van der Waals surface area (Å²) in [4.78, 5) is 6.83. The molecule has 0 saturated heterocycles. The minimum Gasteiger partial charge on any atom is -0.454 e. The molecule has 25 heavy (non-hydrogen) atoms. The lowest BCUT2D eigenvalue weighted by molar-refractivity contribution is 0.174. The number of hydrogen-bond acceptors (Lipinski definition) is 4. The Morgan fingerprint density at radius 1 is 1.04 bits per heavy atom. The summed E-state index contributed by atoms with van der Waals surface area (Å²) in [5, 5.41) is 0. The van der Waals surface area contributed by atoms with Crippen molar-refractivity contribution < 1.29 is 9.47 Å². The van der Waals surface area contributed by atoms with Gasteiger partial charge in [0.05, 0.1) is 0 Å². The van der Waals surface area contributed by atoms with E-state index in [9.17, 15) is 0 Å². The average Bonchev–Trinajstić information content (AvgIpc) is 3.27. The first-order valence-electron chi connectivity index (χ1n) is 8.44.